The van der Waals surface area contributed by atoms with Crippen LogP contribution in [0.25, 0.3) is 0 Å². The van der Waals surface area contributed by atoms with Gasteiger partial charge in [0.15, 0.2) is 0 Å². The summed E-state index contributed by atoms with van der Waals surface area (Å²) in [5.41, 5.74) is 7.92. The lowest BCUT2D eigenvalue weighted by Gasteiger charge is -2.17. The van der Waals surface area contributed by atoms with Crippen molar-refractivity contribution in [3.05, 3.63) is 47.7 Å². The van der Waals surface area contributed by atoms with E-state index in [9.17, 15) is 0 Å². The summed E-state index contributed by atoms with van der Waals surface area (Å²) in [5, 5.41) is 2.96. The smallest absolute Gasteiger partial charge is 0.227 e. The Balaban J connectivity index is 1.88. The van der Waals surface area contributed by atoms with Crippen LogP contribution in [-0.4, -0.2) is 12.2 Å². The predicted octanol–water partition coefficient (Wildman–Crippen LogP) is 1.27. The average molecular weight is 217 g/mol. The highest BCUT2D eigenvalue weighted by Gasteiger charge is 2.07. The van der Waals surface area contributed by atoms with Crippen LogP contribution < -0.4 is 11.1 Å². The zero-order chi connectivity index (χ0) is 11.4. The van der Waals surface area contributed by atoms with Gasteiger partial charge in [-0.05, 0) is 18.6 Å². The van der Waals surface area contributed by atoms with Crippen LogP contribution in [0.4, 0.5) is 0 Å². The molecular weight excluding hydrogens is 202 g/mol. The van der Waals surface area contributed by atoms with E-state index in [1.54, 1.807) is 12.3 Å². The number of aliphatic imine (C=N–C) groups is 1. The van der Waals surface area contributed by atoms with Gasteiger partial charge in [-0.15, -0.1) is 0 Å². The van der Waals surface area contributed by atoms with Crippen molar-refractivity contribution < 1.29 is 4.74 Å². The van der Waals surface area contributed by atoms with Gasteiger partial charge in [-0.3, -0.25) is 0 Å². The van der Waals surface area contributed by atoms with E-state index >= 15 is 0 Å². The lowest BCUT2D eigenvalue weighted by atomic mass is 10.2. The third kappa shape index (κ3) is 2.84. The number of hydrogen-bond donors (Lipinski definition) is 2. The fraction of sp³-hybridized carbons (Fsp3) is 0.250. The molecule has 0 radical (unpaired) electrons. The van der Waals surface area contributed by atoms with Gasteiger partial charge in [-0.1, -0.05) is 29.8 Å². The first kappa shape index (κ1) is 10.7. The van der Waals surface area contributed by atoms with Crippen molar-refractivity contribution in [3.8, 4) is 0 Å². The lowest BCUT2D eigenvalue weighted by molar-refractivity contribution is 0.0322. The maximum atomic E-state index is 5.56. The Morgan fingerprint density at radius 1 is 1.38 bits per heavy atom. The molecule has 16 heavy (non-hydrogen) atoms. The number of rotatable bonds is 3. The molecule has 0 aromatic heterocycles. The van der Waals surface area contributed by atoms with Crippen LogP contribution in [-0.2, 0) is 11.3 Å². The molecule has 0 spiro atoms. The van der Waals surface area contributed by atoms with Crippen molar-refractivity contribution in [1.29, 1.82) is 0 Å². The molecule has 4 nitrogen and oxygen atoms in total. The van der Waals surface area contributed by atoms with Gasteiger partial charge in [0.2, 0.25) is 6.35 Å². The quantitative estimate of drug-likeness (QED) is 0.801. The first-order valence-electron chi connectivity index (χ1n) is 5.17. The number of hydrogen-bond acceptors (Lipinski definition) is 4. The fourth-order valence-electron chi connectivity index (χ4n) is 1.38. The van der Waals surface area contributed by atoms with Crippen LogP contribution in [0.15, 0.2) is 41.5 Å². The molecule has 4 heteroatoms. The SMILES string of the molecule is Cc1ccc(COC2N=C(N)C=CN2)cc1. The molecule has 1 aliphatic heterocycles. The van der Waals surface area contributed by atoms with Crippen molar-refractivity contribution >= 4 is 5.84 Å². The molecule has 84 valence electrons. The molecule has 1 atom stereocenters. The van der Waals surface area contributed by atoms with E-state index in [-0.39, 0.29) is 6.35 Å². The summed E-state index contributed by atoms with van der Waals surface area (Å²) in [7, 11) is 0. The standard InChI is InChI=1S/C12H15N3O/c1-9-2-4-10(5-3-9)8-16-12-14-7-6-11(13)15-12/h2-7,12,14H,8H2,1H3,(H2,13,15). The summed E-state index contributed by atoms with van der Waals surface area (Å²) in [6.07, 6.45) is 3.06. The van der Waals surface area contributed by atoms with Gasteiger partial charge in [-0.25, -0.2) is 4.99 Å². The lowest BCUT2D eigenvalue weighted by Crippen LogP contribution is -2.31. The van der Waals surface area contributed by atoms with Gasteiger partial charge >= 0.3 is 0 Å². The van der Waals surface area contributed by atoms with Gasteiger partial charge < -0.3 is 15.8 Å². The Labute approximate surface area is 94.8 Å². The molecule has 0 aliphatic carbocycles. The molecule has 0 amide bonds. The number of nitrogens with two attached hydrogens (primary N) is 1. The highest BCUT2D eigenvalue weighted by Crippen LogP contribution is 2.06. The first-order chi connectivity index (χ1) is 7.74. The zero-order valence-corrected chi connectivity index (χ0v) is 9.18. The van der Waals surface area contributed by atoms with Crippen LogP contribution in [0.5, 0.6) is 0 Å². The third-order valence-corrected chi connectivity index (χ3v) is 2.29. The Hall–Kier alpha value is -1.81. The molecule has 1 aliphatic rings. The normalized spacial score (nSPS) is 19.1. The minimum atomic E-state index is -0.383. The summed E-state index contributed by atoms with van der Waals surface area (Å²) in [6.45, 7) is 2.58. The Kier molecular flexibility index (Phi) is 3.22. The second kappa shape index (κ2) is 4.81. The van der Waals surface area contributed by atoms with E-state index in [1.165, 1.54) is 5.56 Å². The monoisotopic (exact) mass is 217 g/mol. The number of ether oxygens (including phenoxy) is 1. The summed E-state index contributed by atoms with van der Waals surface area (Å²) < 4.78 is 5.55. The molecule has 3 N–H and O–H groups in total. The molecule has 0 saturated heterocycles. The van der Waals surface area contributed by atoms with E-state index in [4.69, 9.17) is 10.5 Å². The zero-order valence-electron chi connectivity index (χ0n) is 9.18. The molecule has 1 heterocycles. The molecule has 0 saturated carbocycles. The van der Waals surface area contributed by atoms with E-state index in [0.29, 0.717) is 12.4 Å². The number of benzene rings is 1. The summed E-state index contributed by atoms with van der Waals surface area (Å²) >= 11 is 0. The summed E-state index contributed by atoms with van der Waals surface area (Å²) in [6, 6.07) is 8.21. The van der Waals surface area contributed by atoms with Gasteiger partial charge in [-0.2, -0.15) is 0 Å². The topological polar surface area (TPSA) is 59.6 Å². The first-order valence-corrected chi connectivity index (χ1v) is 5.17. The number of amidine groups is 1. The van der Waals surface area contributed by atoms with Gasteiger partial charge in [0.1, 0.15) is 5.84 Å². The predicted molar refractivity (Wildman–Crippen MR) is 63.7 cm³/mol. The molecule has 0 bridgehead atoms. The number of aryl methyl sites for hydroxylation is 1. The second-order valence-electron chi connectivity index (χ2n) is 3.70. The largest absolute Gasteiger partial charge is 0.384 e. The van der Waals surface area contributed by atoms with Crippen LogP contribution in [0.3, 0.4) is 0 Å². The molecule has 1 aromatic rings. The highest BCUT2D eigenvalue weighted by molar-refractivity contribution is 5.91. The summed E-state index contributed by atoms with van der Waals surface area (Å²) in [4.78, 5) is 4.09. The van der Waals surface area contributed by atoms with E-state index in [0.717, 1.165) is 5.56 Å². The van der Waals surface area contributed by atoms with Gasteiger partial charge in [0.05, 0.1) is 6.61 Å². The second-order valence-corrected chi connectivity index (χ2v) is 3.70. The van der Waals surface area contributed by atoms with Crippen LogP contribution >= 0.6 is 0 Å². The molecular formula is C12H15N3O. The Morgan fingerprint density at radius 2 is 2.12 bits per heavy atom. The van der Waals surface area contributed by atoms with Crippen LogP contribution in [0.2, 0.25) is 0 Å². The van der Waals surface area contributed by atoms with Crippen molar-refractivity contribution in [2.45, 2.75) is 19.9 Å². The average Bonchev–Trinajstić information content (AvgIpc) is 2.28. The molecule has 1 unspecified atom stereocenters. The van der Waals surface area contributed by atoms with Crippen molar-refractivity contribution in [1.82, 2.24) is 5.32 Å². The van der Waals surface area contributed by atoms with Crippen LogP contribution in [0.1, 0.15) is 11.1 Å². The molecule has 2 rings (SSSR count). The van der Waals surface area contributed by atoms with Crippen LogP contribution in [0, 0.1) is 6.92 Å². The van der Waals surface area contributed by atoms with Crippen molar-refractivity contribution in [2.75, 3.05) is 0 Å². The maximum Gasteiger partial charge on any atom is 0.227 e. The number of nitrogens with zero attached hydrogens (tertiary/aromatic N) is 1. The van der Waals surface area contributed by atoms with E-state index in [2.05, 4.69) is 29.4 Å². The summed E-state index contributed by atoms with van der Waals surface area (Å²) in [5.74, 6) is 0.479. The van der Waals surface area contributed by atoms with Gasteiger partial charge in [0, 0.05) is 6.20 Å². The van der Waals surface area contributed by atoms with E-state index < -0.39 is 0 Å². The highest BCUT2D eigenvalue weighted by atomic mass is 16.5. The minimum Gasteiger partial charge on any atom is -0.384 e. The molecule has 1 aromatic carbocycles. The molecule has 0 fully saturated rings. The Morgan fingerprint density at radius 3 is 2.81 bits per heavy atom. The van der Waals surface area contributed by atoms with Crippen molar-refractivity contribution in [2.24, 2.45) is 10.7 Å². The van der Waals surface area contributed by atoms with Gasteiger partial charge in [0.25, 0.3) is 0 Å². The Bertz CT molecular complexity index is 409. The van der Waals surface area contributed by atoms with E-state index in [1.807, 2.05) is 12.1 Å². The fourth-order valence-corrected chi connectivity index (χ4v) is 1.38. The third-order valence-electron chi connectivity index (χ3n) is 2.29. The maximum absolute atomic E-state index is 5.56. The minimum absolute atomic E-state index is 0.383. The number of nitrogens with one attached hydrogen (secondary N) is 1. The van der Waals surface area contributed by atoms with Crippen molar-refractivity contribution in [3.63, 3.8) is 0 Å².